The lowest BCUT2D eigenvalue weighted by atomic mass is 10.0. The van der Waals surface area contributed by atoms with Crippen molar-refractivity contribution in [2.75, 3.05) is 0 Å². The number of aryl methyl sites for hydroxylation is 1. The molecule has 1 atom stereocenters. The minimum absolute atomic E-state index is 0.544. The summed E-state index contributed by atoms with van der Waals surface area (Å²) in [4.78, 5) is 0. The van der Waals surface area contributed by atoms with E-state index in [4.69, 9.17) is 23.2 Å². The lowest BCUT2D eigenvalue weighted by molar-refractivity contribution is 0.221. The fourth-order valence-electron chi connectivity index (χ4n) is 1.65. The number of thiophene rings is 1. The molecule has 1 aromatic carbocycles. The first-order chi connectivity index (χ1) is 8.11. The van der Waals surface area contributed by atoms with Crippen LogP contribution in [-0.2, 0) is 6.42 Å². The number of hydrogen-bond donors (Lipinski definition) is 1. The van der Waals surface area contributed by atoms with E-state index in [2.05, 4.69) is 6.92 Å². The molecular weight excluding hydrogens is 275 g/mol. The zero-order chi connectivity index (χ0) is 12.4. The molecule has 0 aliphatic heterocycles. The first-order valence-corrected chi connectivity index (χ1v) is 6.90. The molecule has 1 nitrogen and oxygen atoms in total. The Kier molecular flexibility index (Phi) is 4.10. The van der Waals surface area contributed by atoms with Crippen LogP contribution in [0.25, 0.3) is 0 Å². The van der Waals surface area contributed by atoms with Gasteiger partial charge in [-0.05, 0) is 23.6 Å². The Balaban J connectivity index is 2.30. The number of aliphatic hydroxyl groups excluding tert-OH is 1. The smallest absolute Gasteiger partial charge is 0.106 e. The van der Waals surface area contributed by atoms with Crippen LogP contribution in [0.5, 0.6) is 0 Å². The van der Waals surface area contributed by atoms with Gasteiger partial charge >= 0.3 is 0 Å². The first-order valence-electron chi connectivity index (χ1n) is 5.33. The fourth-order valence-corrected chi connectivity index (χ4v) is 3.17. The lowest BCUT2D eigenvalue weighted by Crippen LogP contribution is -1.98. The Labute approximate surface area is 115 Å². The topological polar surface area (TPSA) is 20.2 Å². The zero-order valence-electron chi connectivity index (χ0n) is 9.28. The molecular formula is C13H12Cl2OS. The molecule has 17 heavy (non-hydrogen) atoms. The van der Waals surface area contributed by atoms with E-state index < -0.39 is 6.10 Å². The van der Waals surface area contributed by atoms with Gasteiger partial charge in [-0.25, -0.2) is 0 Å². The average molecular weight is 287 g/mol. The van der Waals surface area contributed by atoms with Crippen LogP contribution in [0.3, 0.4) is 0 Å². The molecule has 2 aromatic rings. The minimum Gasteiger partial charge on any atom is -0.384 e. The molecule has 90 valence electrons. The SMILES string of the molecule is CCc1ccc(C(O)c2cc(Cl)sc2Cl)cc1. The molecule has 1 unspecified atom stereocenters. The van der Waals surface area contributed by atoms with Gasteiger partial charge in [0.25, 0.3) is 0 Å². The normalized spacial score (nSPS) is 12.7. The Morgan fingerprint density at radius 1 is 1.24 bits per heavy atom. The summed E-state index contributed by atoms with van der Waals surface area (Å²) >= 11 is 13.2. The molecule has 2 rings (SSSR count). The fraction of sp³-hybridized carbons (Fsp3) is 0.231. The molecule has 1 heterocycles. The van der Waals surface area contributed by atoms with E-state index in [1.54, 1.807) is 6.07 Å². The van der Waals surface area contributed by atoms with Gasteiger partial charge in [0.05, 0.1) is 4.34 Å². The van der Waals surface area contributed by atoms with Crippen LogP contribution in [0.1, 0.15) is 29.7 Å². The van der Waals surface area contributed by atoms with E-state index in [0.717, 1.165) is 12.0 Å². The standard InChI is InChI=1S/C13H12Cl2OS/c1-2-8-3-5-9(6-4-8)12(16)10-7-11(14)17-13(10)15/h3-7,12,16H,2H2,1H3. The molecule has 0 radical (unpaired) electrons. The molecule has 0 bridgehead atoms. The van der Waals surface area contributed by atoms with Crippen LogP contribution in [0.4, 0.5) is 0 Å². The predicted molar refractivity (Wildman–Crippen MR) is 74.2 cm³/mol. The van der Waals surface area contributed by atoms with E-state index in [1.165, 1.54) is 16.9 Å². The van der Waals surface area contributed by atoms with Gasteiger partial charge in [0, 0.05) is 5.56 Å². The van der Waals surface area contributed by atoms with Crippen molar-refractivity contribution in [2.24, 2.45) is 0 Å². The van der Waals surface area contributed by atoms with Gasteiger partial charge in [-0.2, -0.15) is 0 Å². The maximum absolute atomic E-state index is 10.2. The molecule has 0 fully saturated rings. The van der Waals surface area contributed by atoms with Crippen molar-refractivity contribution < 1.29 is 5.11 Å². The van der Waals surface area contributed by atoms with Crippen molar-refractivity contribution in [2.45, 2.75) is 19.4 Å². The van der Waals surface area contributed by atoms with Gasteiger partial charge in [0.1, 0.15) is 10.4 Å². The Bertz CT molecular complexity index is 505. The number of aliphatic hydroxyl groups is 1. The van der Waals surface area contributed by atoms with Gasteiger partial charge in [0.15, 0.2) is 0 Å². The Hall–Kier alpha value is -0.540. The molecule has 0 saturated carbocycles. The second kappa shape index (κ2) is 5.40. The molecule has 0 spiro atoms. The van der Waals surface area contributed by atoms with Crippen LogP contribution in [-0.4, -0.2) is 5.11 Å². The number of rotatable bonds is 3. The van der Waals surface area contributed by atoms with Crippen LogP contribution >= 0.6 is 34.5 Å². The summed E-state index contributed by atoms with van der Waals surface area (Å²) in [5.74, 6) is 0. The Morgan fingerprint density at radius 2 is 1.88 bits per heavy atom. The van der Waals surface area contributed by atoms with Crippen molar-refractivity contribution >= 4 is 34.5 Å². The van der Waals surface area contributed by atoms with E-state index in [9.17, 15) is 5.11 Å². The molecule has 4 heteroatoms. The van der Waals surface area contributed by atoms with Crippen molar-refractivity contribution in [1.82, 2.24) is 0 Å². The maximum Gasteiger partial charge on any atom is 0.106 e. The highest BCUT2D eigenvalue weighted by molar-refractivity contribution is 7.20. The van der Waals surface area contributed by atoms with Crippen molar-refractivity contribution in [1.29, 1.82) is 0 Å². The van der Waals surface area contributed by atoms with E-state index in [-0.39, 0.29) is 0 Å². The third-order valence-electron chi connectivity index (χ3n) is 2.68. The van der Waals surface area contributed by atoms with Gasteiger partial charge in [-0.3, -0.25) is 0 Å². The molecule has 0 aliphatic rings. The van der Waals surface area contributed by atoms with Gasteiger partial charge in [0.2, 0.25) is 0 Å². The summed E-state index contributed by atoms with van der Waals surface area (Å²) in [7, 11) is 0. The molecule has 1 aromatic heterocycles. The number of hydrogen-bond acceptors (Lipinski definition) is 2. The highest BCUT2D eigenvalue weighted by Gasteiger charge is 2.16. The van der Waals surface area contributed by atoms with Crippen molar-refractivity contribution in [3.05, 3.63) is 55.7 Å². The minimum atomic E-state index is -0.711. The predicted octanol–water partition coefficient (Wildman–Crippen LogP) is 4.70. The summed E-state index contributed by atoms with van der Waals surface area (Å²) in [5.41, 5.74) is 2.75. The third-order valence-corrected chi connectivity index (χ3v) is 4.20. The lowest BCUT2D eigenvalue weighted by Gasteiger charge is -2.10. The summed E-state index contributed by atoms with van der Waals surface area (Å²) in [6.45, 7) is 2.10. The zero-order valence-corrected chi connectivity index (χ0v) is 11.6. The largest absolute Gasteiger partial charge is 0.384 e. The third kappa shape index (κ3) is 2.83. The maximum atomic E-state index is 10.2. The van der Waals surface area contributed by atoms with Crippen LogP contribution in [0.2, 0.25) is 8.67 Å². The quantitative estimate of drug-likeness (QED) is 0.867. The highest BCUT2D eigenvalue weighted by Crippen LogP contribution is 2.37. The first kappa shape index (κ1) is 12.9. The highest BCUT2D eigenvalue weighted by atomic mass is 35.5. The van der Waals surface area contributed by atoms with Crippen molar-refractivity contribution in [3.8, 4) is 0 Å². The summed E-state index contributed by atoms with van der Waals surface area (Å²) in [5, 5.41) is 10.2. The van der Waals surface area contributed by atoms with Crippen LogP contribution < -0.4 is 0 Å². The molecule has 0 amide bonds. The second-order valence-electron chi connectivity index (χ2n) is 3.78. The molecule has 0 aliphatic carbocycles. The molecule has 0 saturated heterocycles. The summed E-state index contributed by atoms with van der Waals surface area (Å²) in [6.07, 6.45) is 0.277. The van der Waals surface area contributed by atoms with E-state index in [0.29, 0.717) is 14.2 Å². The summed E-state index contributed by atoms with van der Waals surface area (Å²) in [6, 6.07) is 9.59. The summed E-state index contributed by atoms with van der Waals surface area (Å²) < 4.78 is 1.14. The van der Waals surface area contributed by atoms with Gasteiger partial charge < -0.3 is 5.11 Å². The number of benzene rings is 1. The van der Waals surface area contributed by atoms with E-state index >= 15 is 0 Å². The van der Waals surface area contributed by atoms with Gasteiger partial charge in [-0.1, -0.05) is 54.4 Å². The van der Waals surface area contributed by atoms with Gasteiger partial charge in [-0.15, -0.1) is 11.3 Å². The van der Waals surface area contributed by atoms with Crippen molar-refractivity contribution in [3.63, 3.8) is 0 Å². The second-order valence-corrected chi connectivity index (χ2v) is 6.06. The monoisotopic (exact) mass is 286 g/mol. The number of halogens is 2. The average Bonchev–Trinajstić information content (AvgIpc) is 2.68. The van der Waals surface area contributed by atoms with Crippen LogP contribution in [0.15, 0.2) is 30.3 Å². The van der Waals surface area contributed by atoms with E-state index in [1.807, 2.05) is 24.3 Å². The molecule has 1 N–H and O–H groups in total. The Morgan fingerprint density at radius 3 is 2.35 bits per heavy atom. The van der Waals surface area contributed by atoms with Crippen LogP contribution in [0, 0.1) is 0 Å².